The van der Waals surface area contributed by atoms with Crippen molar-refractivity contribution in [3.63, 3.8) is 0 Å². The molecule has 0 aliphatic carbocycles. The molecule has 0 amide bonds. The van der Waals surface area contributed by atoms with Gasteiger partial charge in [0.15, 0.2) is 0 Å². The van der Waals surface area contributed by atoms with Crippen molar-refractivity contribution in [2.45, 2.75) is 26.0 Å². The van der Waals surface area contributed by atoms with Gasteiger partial charge >= 0.3 is 0 Å². The fraction of sp³-hybridized carbons (Fsp3) is 0.400. The number of nitrogens with one attached hydrogen (secondary N) is 1. The Hall–Kier alpha value is -1.53. The fourth-order valence-electron chi connectivity index (χ4n) is 1.70. The Labute approximate surface area is 103 Å². The van der Waals surface area contributed by atoms with Gasteiger partial charge in [-0.1, -0.05) is 18.5 Å². The topological polar surface area (TPSA) is 92.7 Å². The Balaban J connectivity index is 2.39. The van der Waals surface area contributed by atoms with Gasteiger partial charge in [-0.2, -0.15) is 10.2 Å². The number of aromatic nitrogens is 4. The van der Waals surface area contributed by atoms with Gasteiger partial charge in [0.1, 0.15) is 11.9 Å². The highest BCUT2D eigenvalue weighted by Gasteiger charge is 2.22. The summed E-state index contributed by atoms with van der Waals surface area (Å²) in [5, 5.41) is 21.1. The van der Waals surface area contributed by atoms with E-state index >= 15 is 0 Å². The first-order valence-electron chi connectivity index (χ1n) is 5.33. The third kappa shape index (κ3) is 2.13. The summed E-state index contributed by atoms with van der Waals surface area (Å²) < 4.78 is 1.68. The Morgan fingerprint density at radius 3 is 2.94 bits per heavy atom. The first kappa shape index (κ1) is 11.9. The van der Waals surface area contributed by atoms with E-state index in [2.05, 4.69) is 15.3 Å². The van der Waals surface area contributed by atoms with Crippen LogP contribution in [0, 0.1) is 0 Å². The average Bonchev–Trinajstić information content (AvgIpc) is 2.86. The molecule has 0 aliphatic heterocycles. The Morgan fingerprint density at radius 1 is 1.59 bits per heavy atom. The molecule has 4 N–H and O–H groups in total. The summed E-state index contributed by atoms with van der Waals surface area (Å²) in [7, 11) is 0. The van der Waals surface area contributed by atoms with Crippen molar-refractivity contribution in [3.8, 4) is 0 Å². The molecule has 6 nitrogen and oxygen atoms in total. The minimum atomic E-state index is -0.921. The number of aromatic amines is 1. The standard InChI is InChI=1S/C10H14ClN5O/c1-2-3-16-8(7(11)5-14-16)9(17)6-4-13-15-10(6)12/h4-5,9,17H,2-3H2,1H3,(H3,12,13,15). The first-order chi connectivity index (χ1) is 8.15. The fourth-order valence-corrected chi connectivity index (χ4v) is 1.95. The van der Waals surface area contributed by atoms with Crippen LogP contribution in [0.2, 0.25) is 5.02 Å². The molecule has 0 bridgehead atoms. The lowest BCUT2D eigenvalue weighted by Gasteiger charge is -2.12. The number of nitrogens with zero attached hydrogens (tertiary/aromatic N) is 3. The highest BCUT2D eigenvalue weighted by Crippen LogP contribution is 2.30. The maximum atomic E-state index is 10.3. The number of hydrogen-bond donors (Lipinski definition) is 3. The molecular formula is C10H14ClN5O. The van der Waals surface area contributed by atoms with Gasteiger partial charge in [0, 0.05) is 12.1 Å². The van der Waals surface area contributed by atoms with E-state index in [1.807, 2.05) is 6.92 Å². The monoisotopic (exact) mass is 255 g/mol. The Bertz CT molecular complexity index is 507. The van der Waals surface area contributed by atoms with Crippen LogP contribution in [0.15, 0.2) is 12.4 Å². The molecule has 0 radical (unpaired) electrons. The van der Waals surface area contributed by atoms with Crippen LogP contribution in [0.4, 0.5) is 5.82 Å². The lowest BCUT2D eigenvalue weighted by molar-refractivity contribution is 0.208. The van der Waals surface area contributed by atoms with Crippen molar-refractivity contribution in [1.82, 2.24) is 20.0 Å². The van der Waals surface area contributed by atoms with E-state index in [9.17, 15) is 5.11 Å². The van der Waals surface area contributed by atoms with Crippen LogP contribution in [0.1, 0.15) is 30.7 Å². The Kier molecular flexibility index (Phi) is 3.35. The number of halogens is 1. The van der Waals surface area contributed by atoms with Gasteiger partial charge in [-0.3, -0.25) is 9.78 Å². The minimum absolute atomic E-state index is 0.331. The van der Waals surface area contributed by atoms with Gasteiger partial charge in [0.25, 0.3) is 0 Å². The van der Waals surface area contributed by atoms with E-state index < -0.39 is 6.10 Å². The number of H-pyrrole nitrogens is 1. The summed E-state index contributed by atoms with van der Waals surface area (Å²) in [6.07, 6.45) is 2.99. The van der Waals surface area contributed by atoms with Crippen molar-refractivity contribution >= 4 is 17.4 Å². The average molecular weight is 256 g/mol. The zero-order valence-corrected chi connectivity index (χ0v) is 10.1. The second-order valence-corrected chi connectivity index (χ2v) is 4.15. The first-order valence-corrected chi connectivity index (χ1v) is 5.71. The van der Waals surface area contributed by atoms with Crippen LogP contribution in [0.3, 0.4) is 0 Å². The largest absolute Gasteiger partial charge is 0.384 e. The predicted octanol–water partition coefficient (Wildman–Crippen LogP) is 1.33. The van der Waals surface area contributed by atoms with Crippen LogP contribution in [0.25, 0.3) is 0 Å². The lowest BCUT2D eigenvalue weighted by Crippen LogP contribution is -2.11. The molecule has 0 fully saturated rings. The van der Waals surface area contributed by atoms with Crippen molar-refractivity contribution in [2.24, 2.45) is 0 Å². The smallest absolute Gasteiger partial charge is 0.127 e. The third-order valence-electron chi connectivity index (χ3n) is 2.52. The van der Waals surface area contributed by atoms with Gasteiger partial charge in [0.05, 0.1) is 23.1 Å². The predicted molar refractivity (Wildman–Crippen MR) is 64.6 cm³/mol. The zero-order chi connectivity index (χ0) is 12.4. The number of rotatable bonds is 4. The summed E-state index contributed by atoms with van der Waals surface area (Å²) in [6.45, 7) is 2.72. The van der Waals surface area contributed by atoms with E-state index in [4.69, 9.17) is 17.3 Å². The molecular weight excluding hydrogens is 242 g/mol. The summed E-state index contributed by atoms with van der Waals surface area (Å²) >= 11 is 6.03. The van der Waals surface area contributed by atoms with Crippen molar-refractivity contribution in [3.05, 3.63) is 28.7 Å². The molecule has 2 aromatic heterocycles. The molecule has 0 saturated heterocycles. The summed E-state index contributed by atoms with van der Waals surface area (Å²) in [4.78, 5) is 0. The molecule has 2 aromatic rings. The molecule has 92 valence electrons. The molecule has 1 atom stereocenters. The number of aliphatic hydroxyl groups excluding tert-OH is 1. The number of nitrogen functional groups attached to an aromatic ring is 1. The van der Waals surface area contributed by atoms with E-state index in [0.717, 1.165) is 6.42 Å². The number of hydrogen-bond acceptors (Lipinski definition) is 4. The molecule has 2 rings (SSSR count). The van der Waals surface area contributed by atoms with E-state index in [0.29, 0.717) is 28.6 Å². The van der Waals surface area contributed by atoms with Crippen LogP contribution >= 0.6 is 11.6 Å². The normalized spacial score (nSPS) is 12.9. The highest BCUT2D eigenvalue weighted by molar-refractivity contribution is 6.31. The zero-order valence-electron chi connectivity index (χ0n) is 9.39. The number of aliphatic hydroxyl groups is 1. The third-order valence-corrected chi connectivity index (χ3v) is 2.81. The molecule has 17 heavy (non-hydrogen) atoms. The number of nitrogens with two attached hydrogens (primary N) is 1. The number of aryl methyl sites for hydroxylation is 1. The van der Waals surface area contributed by atoms with E-state index in [-0.39, 0.29) is 0 Å². The van der Waals surface area contributed by atoms with Gasteiger partial charge in [-0.05, 0) is 6.42 Å². The summed E-state index contributed by atoms with van der Waals surface area (Å²) in [5.74, 6) is 0.331. The highest BCUT2D eigenvalue weighted by atomic mass is 35.5. The van der Waals surface area contributed by atoms with Gasteiger partial charge in [-0.25, -0.2) is 0 Å². The summed E-state index contributed by atoms with van der Waals surface area (Å²) in [5.41, 5.74) is 6.72. The van der Waals surface area contributed by atoms with Crippen LogP contribution < -0.4 is 5.73 Å². The minimum Gasteiger partial charge on any atom is -0.384 e. The van der Waals surface area contributed by atoms with Crippen LogP contribution in [-0.4, -0.2) is 25.1 Å². The SMILES string of the molecule is CCCn1ncc(Cl)c1C(O)c1cn[nH]c1N. The second-order valence-electron chi connectivity index (χ2n) is 3.74. The van der Waals surface area contributed by atoms with Crippen molar-refractivity contribution in [2.75, 3.05) is 5.73 Å². The van der Waals surface area contributed by atoms with Gasteiger partial charge in [-0.15, -0.1) is 0 Å². The quantitative estimate of drug-likeness (QED) is 0.769. The van der Waals surface area contributed by atoms with E-state index in [1.165, 1.54) is 12.4 Å². The molecule has 0 spiro atoms. The molecule has 2 heterocycles. The Morgan fingerprint density at radius 2 is 2.35 bits per heavy atom. The molecule has 0 aromatic carbocycles. The second kappa shape index (κ2) is 4.77. The summed E-state index contributed by atoms with van der Waals surface area (Å²) in [6, 6.07) is 0. The maximum Gasteiger partial charge on any atom is 0.127 e. The van der Waals surface area contributed by atoms with Crippen LogP contribution in [0.5, 0.6) is 0 Å². The van der Waals surface area contributed by atoms with Crippen molar-refractivity contribution < 1.29 is 5.11 Å². The van der Waals surface area contributed by atoms with E-state index in [1.54, 1.807) is 4.68 Å². The number of anilines is 1. The van der Waals surface area contributed by atoms with Crippen LogP contribution in [-0.2, 0) is 6.54 Å². The molecule has 7 heteroatoms. The molecule has 1 unspecified atom stereocenters. The maximum absolute atomic E-state index is 10.3. The molecule has 0 aliphatic rings. The molecule has 0 saturated carbocycles. The van der Waals surface area contributed by atoms with Gasteiger partial charge < -0.3 is 10.8 Å². The van der Waals surface area contributed by atoms with Crippen molar-refractivity contribution in [1.29, 1.82) is 0 Å². The lowest BCUT2D eigenvalue weighted by atomic mass is 10.1. The van der Waals surface area contributed by atoms with Gasteiger partial charge in [0.2, 0.25) is 0 Å².